The minimum atomic E-state index is 0.168. The van der Waals surface area contributed by atoms with E-state index in [1.807, 2.05) is 25.2 Å². The maximum absolute atomic E-state index is 9.43. The Morgan fingerprint density at radius 3 is 2.72 bits per heavy atom. The van der Waals surface area contributed by atoms with Gasteiger partial charge in [0.2, 0.25) is 0 Å². The van der Waals surface area contributed by atoms with E-state index in [4.69, 9.17) is 6.42 Å². The van der Waals surface area contributed by atoms with Gasteiger partial charge in [0.25, 0.3) is 0 Å². The number of hydrogen-bond donors (Lipinski definition) is 1. The maximum Gasteiger partial charge on any atom is 0.113 e. The molecule has 98 valence electrons. The Labute approximate surface area is 110 Å². The fraction of sp³-hybridized carbons (Fsp3) is 0.533. The highest BCUT2D eigenvalue weighted by Crippen LogP contribution is 2.12. The summed E-state index contributed by atoms with van der Waals surface area (Å²) in [5.41, 5.74) is 1.60. The van der Waals surface area contributed by atoms with Crippen molar-refractivity contribution in [1.29, 1.82) is 0 Å². The molecule has 0 aliphatic heterocycles. The third-order valence-corrected chi connectivity index (χ3v) is 2.94. The lowest BCUT2D eigenvalue weighted by Gasteiger charge is -2.27. The van der Waals surface area contributed by atoms with E-state index in [0.29, 0.717) is 18.2 Å². The molecule has 0 amide bonds. The lowest BCUT2D eigenvalue weighted by molar-refractivity contribution is 0.123. The number of hydrogen-bond acceptors (Lipinski definition) is 3. The third kappa shape index (κ3) is 4.48. The average molecular weight is 246 g/mol. The molecule has 0 bridgehead atoms. The van der Waals surface area contributed by atoms with Crippen LogP contribution in [-0.4, -0.2) is 34.7 Å². The number of aliphatic hydroxyl groups excluding tert-OH is 1. The molecule has 0 spiro atoms. The topological polar surface area (TPSA) is 36.4 Å². The Kier molecular flexibility index (Phi) is 5.84. The lowest BCUT2D eigenvalue weighted by Crippen LogP contribution is -2.35. The number of aromatic nitrogens is 1. The highest BCUT2D eigenvalue weighted by atomic mass is 16.3. The largest absolute Gasteiger partial charge is 0.395 e. The van der Waals surface area contributed by atoms with Crippen molar-refractivity contribution in [2.45, 2.75) is 32.9 Å². The summed E-state index contributed by atoms with van der Waals surface area (Å²) in [4.78, 5) is 6.50. The van der Waals surface area contributed by atoms with Crippen LogP contribution in [0.5, 0.6) is 0 Å². The van der Waals surface area contributed by atoms with Gasteiger partial charge in [-0.05, 0) is 31.5 Å². The normalized spacial score (nSPS) is 12.7. The van der Waals surface area contributed by atoms with E-state index in [1.54, 1.807) is 0 Å². The Bertz CT molecular complexity index is 409. The van der Waals surface area contributed by atoms with Crippen LogP contribution in [0.15, 0.2) is 18.2 Å². The zero-order valence-corrected chi connectivity index (χ0v) is 11.4. The molecule has 0 fully saturated rings. The molecule has 0 aliphatic carbocycles. The minimum Gasteiger partial charge on any atom is -0.395 e. The van der Waals surface area contributed by atoms with Gasteiger partial charge >= 0.3 is 0 Å². The summed E-state index contributed by atoms with van der Waals surface area (Å²) >= 11 is 0. The lowest BCUT2D eigenvalue weighted by atomic mass is 10.0. The predicted molar refractivity (Wildman–Crippen MR) is 74.0 cm³/mol. The summed E-state index contributed by atoms with van der Waals surface area (Å²) in [6.07, 6.45) is 6.31. The molecule has 1 unspecified atom stereocenters. The van der Waals surface area contributed by atoms with Gasteiger partial charge in [-0.25, -0.2) is 4.98 Å². The summed E-state index contributed by atoms with van der Waals surface area (Å²) in [5, 5.41) is 9.43. The number of terminal acetylenes is 1. The molecular weight excluding hydrogens is 224 g/mol. The van der Waals surface area contributed by atoms with E-state index >= 15 is 0 Å². The number of aliphatic hydroxyl groups is 1. The molecule has 0 aromatic carbocycles. The van der Waals surface area contributed by atoms with Crippen LogP contribution in [0.25, 0.3) is 0 Å². The van der Waals surface area contributed by atoms with Crippen LogP contribution in [0.4, 0.5) is 0 Å². The van der Waals surface area contributed by atoms with Crippen molar-refractivity contribution in [3.05, 3.63) is 29.6 Å². The number of likely N-dealkylation sites (N-methyl/N-ethyl adjacent to an activating group) is 1. The highest BCUT2D eigenvalue weighted by molar-refractivity contribution is 5.25. The Morgan fingerprint density at radius 1 is 1.44 bits per heavy atom. The summed E-state index contributed by atoms with van der Waals surface area (Å²) in [5.74, 6) is 3.10. The van der Waals surface area contributed by atoms with Gasteiger partial charge in [0.05, 0.1) is 12.3 Å². The standard InChI is InChI=1S/C15H22N2O/c1-5-13-7-6-8-14(16-13)10-17(4)15(11-18)9-12(2)3/h1,6-8,12,15,18H,9-11H2,2-4H3. The van der Waals surface area contributed by atoms with Gasteiger partial charge in [-0.3, -0.25) is 4.90 Å². The van der Waals surface area contributed by atoms with E-state index in [2.05, 4.69) is 29.7 Å². The molecule has 0 aliphatic rings. The number of rotatable bonds is 6. The fourth-order valence-corrected chi connectivity index (χ4v) is 1.97. The van der Waals surface area contributed by atoms with Gasteiger partial charge in [-0.1, -0.05) is 25.8 Å². The molecule has 0 saturated carbocycles. The van der Waals surface area contributed by atoms with Crippen LogP contribution in [0, 0.1) is 18.3 Å². The van der Waals surface area contributed by atoms with Gasteiger partial charge < -0.3 is 5.11 Å². The predicted octanol–water partition coefficient (Wildman–Crippen LogP) is 1.90. The first kappa shape index (κ1) is 14.7. The summed E-state index contributed by atoms with van der Waals surface area (Å²) < 4.78 is 0. The van der Waals surface area contributed by atoms with E-state index in [0.717, 1.165) is 12.1 Å². The van der Waals surface area contributed by atoms with Crippen molar-refractivity contribution in [2.75, 3.05) is 13.7 Å². The first-order valence-electron chi connectivity index (χ1n) is 6.30. The van der Waals surface area contributed by atoms with Gasteiger partial charge in [0.15, 0.2) is 0 Å². The monoisotopic (exact) mass is 246 g/mol. The van der Waals surface area contributed by atoms with Crippen molar-refractivity contribution in [2.24, 2.45) is 5.92 Å². The SMILES string of the molecule is C#Cc1cccc(CN(C)C(CO)CC(C)C)n1. The molecule has 1 rings (SSSR count). The molecule has 1 N–H and O–H groups in total. The first-order valence-corrected chi connectivity index (χ1v) is 6.30. The molecule has 3 heteroatoms. The van der Waals surface area contributed by atoms with Gasteiger partial charge in [-0.2, -0.15) is 0 Å². The second kappa shape index (κ2) is 7.15. The molecule has 18 heavy (non-hydrogen) atoms. The molecular formula is C15H22N2O. The minimum absolute atomic E-state index is 0.168. The van der Waals surface area contributed by atoms with E-state index in [1.165, 1.54) is 0 Å². The molecule has 1 aromatic heterocycles. The summed E-state index contributed by atoms with van der Waals surface area (Å²) in [6, 6.07) is 5.87. The van der Waals surface area contributed by atoms with Crippen LogP contribution in [0.2, 0.25) is 0 Å². The number of nitrogens with zero attached hydrogens (tertiary/aromatic N) is 2. The first-order chi connectivity index (χ1) is 8.56. The van der Waals surface area contributed by atoms with Gasteiger partial charge in [-0.15, -0.1) is 6.42 Å². The Morgan fingerprint density at radius 2 is 2.17 bits per heavy atom. The van der Waals surface area contributed by atoms with Crippen LogP contribution < -0.4 is 0 Å². The zero-order valence-electron chi connectivity index (χ0n) is 11.4. The van der Waals surface area contributed by atoms with Crippen LogP contribution in [0.1, 0.15) is 31.7 Å². The zero-order chi connectivity index (χ0) is 13.5. The Balaban J connectivity index is 2.67. The molecule has 1 aromatic rings. The van der Waals surface area contributed by atoms with Crippen LogP contribution >= 0.6 is 0 Å². The van der Waals surface area contributed by atoms with Gasteiger partial charge in [0.1, 0.15) is 5.69 Å². The molecule has 1 atom stereocenters. The van der Waals surface area contributed by atoms with E-state index < -0.39 is 0 Å². The Hall–Kier alpha value is -1.37. The molecule has 0 saturated heterocycles. The smallest absolute Gasteiger partial charge is 0.113 e. The van der Waals surface area contributed by atoms with Crippen molar-refractivity contribution in [3.8, 4) is 12.3 Å². The second-order valence-corrected chi connectivity index (χ2v) is 5.04. The molecule has 1 heterocycles. The fourth-order valence-electron chi connectivity index (χ4n) is 1.97. The third-order valence-electron chi connectivity index (χ3n) is 2.94. The average Bonchev–Trinajstić information content (AvgIpc) is 2.35. The van der Waals surface area contributed by atoms with E-state index in [9.17, 15) is 5.11 Å². The quantitative estimate of drug-likeness (QED) is 0.779. The van der Waals surface area contributed by atoms with E-state index in [-0.39, 0.29) is 12.6 Å². The van der Waals surface area contributed by atoms with Crippen LogP contribution in [-0.2, 0) is 6.54 Å². The van der Waals surface area contributed by atoms with Crippen LogP contribution in [0.3, 0.4) is 0 Å². The molecule has 0 radical (unpaired) electrons. The van der Waals surface area contributed by atoms with Crippen molar-refractivity contribution in [1.82, 2.24) is 9.88 Å². The maximum atomic E-state index is 9.43. The van der Waals surface area contributed by atoms with Crippen molar-refractivity contribution >= 4 is 0 Å². The number of pyridine rings is 1. The van der Waals surface area contributed by atoms with Crippen molar-refractivity contribution < 1.29 is 5.11 Å². The second-order valence-electron chi connectivity index (χ2n) is 5.04. The highest BCUT2D eigenvalue weighted by Gasteiger charge is 2.15. The summed E-state index contributed by atoms with van der Waals surface area (Å²) in [7, 11) is 2.01. The summed E-state index contributed by atoms with van der Waals surface area (Å²) in [6.45, 7) is 5.19. The van der Waals surface area contributed by atoms with Crippen molar-refractivity contribution in [3.63, 3.8) is 0 Å². The van der Waals surface area contributed by atoms with Gasteiger partial charge in [0, 0.05) is 12.6 Å². The molecule has 3 nitrogen and oxygen atoms in total.